The van der Waals surface area contributed by atoms with Crippen LogP contribution in [0.15, 0.2) is 140 Å². The zero-order valence-corrected chi connectivity index (χ0v) is 25.4. The maximum Gasteiger partial charge on any atom is 0.0541 e. The van der Waals surface area contributed by atoms with E-state index in [9.17, 15) is 0 Å². The normalized spacial score (nSPS) is 15.4. The quantitative estimate of drug-likeness (QED) is 0.132. The Balaban J connectivity index is 1.36. The second kappa shape index (κ2) is 10.4. The summed E-state index contributed by atoms with van der Waals surface area (Å²) in [5.74, 6) is 0. The van der Waals surface area contributed by atoms with Crippen LogP contribution in [0.2, 0.25) is 0 Å². The van der Waals surface area contributed by atoms with Crippen LogP contribution in [-0.4, -0.2) is 11.5 Å². The number of rotatable bonds is 6. The fourth-order valence-electron chi connectivity index (χ4n) is 6.40. The first-order valence-corrected chi connectivity index (χ1v) is 15.6. The van der Waals surface area contributed by atoms with Gasteiger partial charge in [0.1, 0.15) is 0 Å². The maximum atomic E-state index is 2.55. The summed E-state index contributed by atoms with van der Waals surface area (Å²) in [6.45, 7) is 2.39. The maximum absolute atomic E-state index is 2.55. The molecular weight excluding hydrogens is 611 g/mol. The van der Waals surface area contributed by atoms with Gasteiger partial charge in [-0.15, -0.1) is 0 Å². The minimum atomic E-state index is 0.00112. The van der Waals surface area contributed by atoms with E-state index in [1.54, 1.807) is 0 Å². The third-order valence-corrected chi connectivity index (χ3v) is 10.1. The van der Waals surface area contributed by atoms with Crippen LogP contribution in [0.5, 0.6) is 0 Å². The van der Waals surface area contributed by atoms with E-state index >= 15 is 0 Å². The Kier molecular flexibility index (Phi) is 6.55. The van der Waals surface area contributed by atoms with Gasteiger partial charge in [0.15, 0.2) is 0 Å². The highest BCUT2D eigenvalue weighted by atomic mass is 127. The van der Waals surface area contributed by atoms with E-state index in [1.807, 2.05) is 0 Å². The molecule has 3 heteroatoms. The molecule has 6 aromatic rings. The lowest BCUT2D eigenvalue weighted by atomic mass is 9.82. The van der Waals surface area contributed by atoms with Crippen LogP contribution in [0, 0.1) is 0 Å². The second-order valence-electron chi connectivity index (χ2n) is 11.0. The number of benzene rings is 6. The van der Waals surface area contributed by atoms with Gasteiger partial charge in [0.05, 0.1) is 5.69 Å². The number of fused-ring (bicyclic) bond motifs is 4. The van der Waals surface area contributed by atoms with Crippen molar-refractivity contribution in [3.63, 3.8) is 0 Å². The van der Waals surface area contributed by atoms with Crippen LogP contribution in [-0.2, 0) is 5.41 Å². The van der Waals surface area contributed by atoms with Crippen molar-refractivity contribution in [2.45, 2.75) is 12.3 Å². The molecule has 0 bridgehead atoms. The van der Waals surface area contributed by atoms with Gasteiger partial charge in [-0.05, 0) is 70.8 Å². The number of alkyl halides is 1. The van der Waals surface area contributed by atoms with Crippen molar-refractivity contribution in [3.05, 3.63) is 151 Å². The van der Waals surface area contributed by atoms with Crippen LogP contribution in [0.3, 0.4) is 0 Å². The molecule has 2 nitrogen and oxygen atoms in total. The summed E-state index contributed by atoms with van der Waals surface area (Å²) in [6, 6.07) is 50.5. The molecule has 0 N–H and O–H groups in total. The Morgan fingerprint density at radius 2 is 1.07 bits per heavy atom. The van der Waals surface area contributed by atoms with E-state index in [1.165, 1.54) is 44.4 Å². The topological polar surface area (TPSA) is 6.48 Å². The summed E-state index contributed by atoms with van der Waals surface area (Å²) >= 11 is 2.55. The van der Waals surface area contributed by atoms with E-state index in [4.69, 9.17) is 0 Å². The standard InChI is InChI=1S/C38H31IN2/c1-38(26-39)34-20-12-11-17-30(34)31-22-21-29(25-35(31)38)40(2)36-23-24-37(33-19-10-9-18-32(33)36)41(27-13-5-3-6-14-27)28-15-7-4-8-16-28/h3-25H,26H2,1-2H3. The Labute approximate surface area is 256 Å². The number of para-hydroxylation sites is 2. The molecule has 1 unspecified atom stereocenters. The molecule has 0 saturated heterocycles. The second-order valence-corrected chi connectivity index (χ2v) is 11.7. The predicted molar refractivity (Wildman–Crippen MR) is 184 cm³/mol. The molecule has 6 aromatic carbocycles. The smallest absolute Gasteiger partial charge is 0.0541 e. The first-order valence-electron chi connectivity index (χ1n) is 14.1. The van der Waals surface area contributed by atoms with Gasteiger partial charge in [-0.25, -0.2) is 0 Å². The fourth-order valence-corrected chi connectivity index (χ4v) is 7.22. The van der Waals surface area contributed by atoms with Gasteiger partial charge in [-0.2, -0.15) is 0 Å². The summed E-state index contributed by atoms with van der Waals surface area (Å²) in [6.07, 6.45) is 0. The zero-order chi connectivity index (χ0) is 28.0. The Hall–Kier alpha value is -4.09. The molecular formula is C38H31IN2. The molecule has 0 radical (unpaired) electrons. The highest BCUT2D eigenvalue weighted by molar-refractivity contribution is 14.1. The van der Waals surface area contributed by atoms with Gasteiger partial charge in [0.25, 0.3) is 0 Å². The van der Waals surface area contributed by atoms with E-state index in [0.717, 1.165) is 21.5 Å². The van der Waals surface area contributed by atoms with E-state index in [2.05, 4.69) is 186 Å². The first kappa shape index (κ1) is 25.8. The summed E-state index contributed by atoms with van der Waals surface area (Å²) in [5, 5.41) is 2.44. The van der Waals surface area contributed by atoms with Crippen molar-refractivity contribution < 1.29 is 0 Å². The Bertz CT molecular complexity index is 1830. The lowest BCUT2D eigenvalue weighted by molar-refractivity contribution is 0.684. The molecule has 0 spiro atoms. The lowest BCUT2D eigenvalue weighted by Gasteiger charge is -2.30. The number of halogens is 1. The van der Waals surface area contributed by atoms with Gasteiger partial charge in [0, 0.05) is 50.4 Å². The van der Waals surface area contributed by atoms with Crippen LogP contribution in [0.1, 0.15) is 18.1 Å². The van der Waals surface area contributed by atoms with Gasteiger partial charge < -0.3 is 9.80 Å². The predicted octanol–water partition coefficient (Wildman–Crippen LogP) is 10.8. The molecule has 0 aromatic heterocycles. The number of anilines is 5. The summed E-state index contributed by atoms with van der Waals surface area (Å²) in [4.78, 5) is 4.70. The summed E-state index contributed by atoms with van der Waals surface area (Å²) in [7, 11) is 2.19. The average molecular weight is 643 g/mol. The fraction of sp³-hybridized carbons (Fsp3) is 0.105. The highest BCUT2D eigenvalue weighted by Gasteiger charge is 2.38. The summed E-state index contributed by atoms with van der Waals surface area (Å²) in [5.41, 5.74) is 11.4. The van der Waals surface area contributed by atoms with Crippen molar-refractivity contribution in [2.24, 2.45) is 0 Å². The Morgan fingerprint density at radius 3 is 1.73 bits per heavy atom. The van der Waals surface area contributed by atoms with E-state index < -0.39 is 0 Å². The van der Waals surface area contributed by atoms with E-state index in [-0.39, 0.29) is 5.41 Å². The minimum Gasteiger partial charge on any atom is -0.344 e. The molecule has 0 fully saturated rings. The molecule has 1 aliphatic carbocycles. The number of hydrogen-bond acceptors (Lipinski definition) is 2. The molecule has 1 aliphatic rings. The zero-order valence-electron chi connectivity index (χ0n) is 23.3. The Morgan fingerprint density at radius 1 is 0.537 bits per heavy atom. The van der Waals surface area contributed by atoms with Gasteiger partial charge >= 0.3 is 0 Å². The lowest BCUT2D eigenvalue weighted by Crippen LogP contribution is -2.22. The van der Waals surface area contributed by atoms with Crippen molar-refractivity contribution in [3.8, 4) is 11.1 Å². The third-order valence-electron chi connectivity index (χ3n) is 8.57. The first-order chi connectivity index (χ1) is 20.1. The molecule has 0 heterocycles. The third kappa shape index (κ3) is 4.22. The molecule has 0 saturated carbocycles. The number of nitrogens with zero attached hydrogens (tertiary/aromatic N) is 2. The van der Waals surface area contributed by atoms with Crippen molar-refractivity contribution in [1.29, 1.82) is 0 Å². The van der Waals surface area contributed by atoms with Crippen LogP contribution in [0.4, 0.5) is 28.4 Å². The largest absolute Gasteiger partial charge is 0.344 e. The van der Waals surface area contributed by atoms with Gasteiger partial charge in [-0.1, -0.05) is 121 Å². The molecule has 1 atom stereocenters. The summed E-state index contributed by atoms with van der Waals surface area (Å²) < 4.78 is 1.04. The molecule has 0 aliphatic heterocycles. The number of hydrogen-bond donors (Lipinski definition) is 0. The van der Waals surface area contributed by atoms with Crippen LogP contribution < -0.4 is 9.80 Å². The van der Waals surface area contributed by atoms with Crippen molar-refractivity contribution in [1.82, 2.24) is 0 Å². The van der Waals surface area contributed by atoms with Crippen molar-refractivity contribution in [2.75, 3.05) is 21.3 Å². The van der Waals surface area contributed by atoms with Crippen LogP contribution >= 0.6 is 22.6 Å². The molecule has 200 valence electrons. The molecule has 41 heavy (non-hydrogen) atoms. The highest BCUT2D eigenvalue weighted by Crippen LogP contribution is 2.51. The molecule has 0 amide bonds. The van der Waals surface area contributed by atoms with Gasteiger partial charge in [-0.3, -0.25) is 0 Å². The van der Waals surface area contributed by atoms with Crippen molar-refractivity contribution >= 4 is 61.8 Å². The minimum absolute atomic E-state index is 0.00112. The van der Waals surface area contributed by atoms with E-state index in [0.29, 0.717) is 0 Å². The van der Waals surface area contributed by atoms with Gasteiger partial charge in [0.2, 0.25) is 0 Å². The van der Waals surface area contributed by atoms with Crippen LogP contribution in [0.25, 0.3) is 21.9 Å². The average Bonchev–Trinajstić information content (AvgIpc) is 3.30. The SMILES string of the molecule is CN(c1ccc2c(c1)C(C)(CI)c1ccccc1-2)c1ccc(N(c2ccccc2)c2ccccc2)c2ccccc12. The monoisotopic (exact) mass is 642 g/mol. The molecule has 7 rings (SSSR count).